The lowest BCUT2D eigenvalue weighted by Gasteiger charge is -2.02. The van der Waals surface area contributed by atoms with Crippen molar-refractivity contribution in [1.82, 2.24) is 14.7 Å². The second kappa shape index (κ2) is 6.53. The van der Waals surface area contributed by atoms with Crippen LogP contribution >= 0.6 is 11.3 Å². The summed E-state index contributed by atoms with van der Waals surface area (Å²) < 4.78 is 14.7. The number of hydrogen-bond donors (Lipinski definition) is 1. The summed E-state index contributed by atoms with van der Waals surface area (Å²) in [5, 5.41) is 4.75. The summed E-state index contributed by atoms with van der Waals surface area (Å²) in [5.74, 6) is -0.413. The van der Waals surface area contributed by atoms with Crippen molar-refractivity contribution in [2.75, 3.05) is 6.54 Å². The van der Waals surface area contributed by atoms with Crippen molar-refractivity contribution >= 4 is 28.3 Å². The van der Waals surface area contributed by atoms with Gasteiger partial charge in [0, 0.05) is 24.2 Å². The highest BCUT2D eigenvalue weighted by atomic mass is 32.1. The molecule has 6 heteroatoms. The Labute approximate surface area is 130 Å². The lowest BCUT2D eigenvalue weighted by atomic mass is 10.1. The smallest absolute Gasteiger partial charge is 0.244 e. The van der Waals surface area contributed by atoms with Gasteiger partial charge in [-0.25, -0.2) is 9.37 Å². The van der Waals surface area contributed by atoms with E-state index in [4.69, 9.17) is 0 Å². The minimum Gasteiger partial charge on any atom is -0.352 e. The first-order chi connectivity index (χ1) is 10.7. The lowest BCUT2D eigenvalue weighted by molar-refractivity contribution is -0.116. The van der Waals surface area contributed by atoms with E-state index >= 15 is 0 Å². The number of rotatable bonds is 5. The molecule has 1 amide bonds. The SMILES string of the molecule is O=C(/C=C/c1cnc2sccn12)NCCc1ccc(F)cc1. The molecule has 2 heterocycles. The van der Waals surface area contributed by atoms with Crippen molar-refractivity contribution in [3.05, 3.63) is 65.2 Å². The third-order valence-corrected chi connectivity index (χ3v) is 3.98. The van der Waals surface area contributed by atoms with Crippen molar-refractivity contribution < 1.29 is 9.18 Å². The van der Waals surface area contributed by atoms with Gasteiger partial charge in [0.15, 0.2) is 4.96 Å². The number of fused-ring (bicyclic) bond motifs is 1. The van der Waals surface area contributed by atoms with Crippen LogP contribution in [0.2, 0.25) is 0 Å². The number of imidazole rings is 1. The normalized spacial score (nSPS) is 11.3. The molecule has 0 atom stereocenters. The van der Waals surface area contributed by atoms with E-state index in [1.165, 1.54) is 18.2 Å². The topological polar surface area (TPSA) is 46.4 Å². The average molecular weight is 315 g/mol. The highest BCUT2D eigenvalue weighted by Gasteiger charge is 2.01. The monoisotopic (exact) mass is 315 g/mol. The fraction of sp³-hybridized carbons (Fsp3) is 0.125. The standard InChI is InChI=1S/C16H14FN3OS/c17-13-3-1-12(2-4-13)7-8-18-15(21)6-5-14-11-19-16-20(14)9-10-22-16/h1-6,9-11H,7-8H2,(H,18,21)/b6-5+. The Balaban J connectivity index is 1.51. The molecule has 4 nitrogen and oxygen atoms in total. The Hall–Kier alpha value is -2.47. The molecule has 0 aliphatic heterocycles. The predicted molar refractivity (Wildman–Crippen MR) is 85.2 cm³/mol. The first-order valence-electron chi connectivity index (χ1n) is 6.83. The third-order valence-electron chi connectivity index (χ3n) is 3.21. The van der Waals surface area contributed by atoms with Crippen LogP contribution in [0.1, 0.15) is 11.3 Å². The molecule has 0 spiro atoms. The van der Waals surface area contributed by atoms with Gasteiger partial charge < -0.3 is 5.32 Å². The molecule has 2 aromatic heterocycles. The minimum absolute atomic E-state index is 0.160. The maximum Gasteiger partial charge on any atom is 0.244 e. The van der Waals surface area contributed by atoms with E-state index in [9.17, 15) is 9.18 Å². The molecule has 112 valence electrons. The largest absolute Gasteiger partial charge is 0.352 e. The number of carbonyl (C=O) groups is 1. The number of nitrogens with one attached hydrogen (secondary N) is 1. The molecule has 0 bridgehead atoms. The third kappa shape index (κ3) is 3.40. The Morgan fingerprint density at radius 1 is 1.36 bits per heavy atom. The van der Waals surface area contributed by atoms with Gasteiger partial charge in [-0.15, -0.1) is 11.3 Å². The average Bonchev–Trinajstić information content (AvgIpc) is 3.11. The number of amides is 1. The first-order valence-corrected chi connectivity index (χ1v) is 7.71. The molecule has 0 aliphatic carbocycles. The second-order valence-corrected chi connectivity index (χ2v) is 5.61. The number of hydrogen-bond acceptors (Lipinski definition) is 3. The summed E-state index contributed by atoms with van der Waals surface area (Å²) in [5.41, 5.74) is 1.85. The number of halogens is 1. The van der Waals surface area contributed by atoms with E-state index in [1.807, 2.05) is 16.0 Å². The quantitative estimate of drug-likeness (QED) is 0.736. The van der Waals surface area contributed by atoms with Gasteiger partial charge in [-0.2, -0.15) is 0 Å². The van der Waals surface area contributed by atoms with Crippen LogP contribution in [-0.4, -0.2) is 21.8 Å². The van der Waals surface area contributed by atoms with E-state index in [1.54, 1.807) is 35.7 Å². The molecule has 3 rings (SSSR count). The number of thiazole rings is 1. The van der Waals surface area contributed by atoms with Crippen molar-refractivity contribution in [1.29, 1.82) is 0 Å². The van der Waals surface area contributed by atoms with Crippen LogP contribution in [0.5, 0.6) is 0 Å². The van der Waals surface area contributed by atoms with Crippen LogP contribution in [-0.2, 0) is 11.2 Å². The summed E-state index contributed by atoms with van der Waals surface area (Å²) >= 11 is 1.55. The van der Waals surface area contributed by atoms with E-state index in [-0.39, 0.29) is 11.7 Å². The Morgan fingerprint density at radius 3 is 3.00 bits per heavy atom. The number of carbonyl (C=O) groups excluding carboxylic acids is 1. The lowest BCUT2D eigenvalue weighted by Crippen LogP contribution is -2.23. The summed E-state index contributed by atoms with van der Waals surface area (Å²) in [6.07, 6.45) is 7.54. The molecule has 0 aliphatic rings. The van der Waals surface area contributed by atoms with Gasteiger partial charge in [-0.1, -0.05) is 12.1 Å². The van der Waals surface area contributed by atoms with Crippen molar-refractivity contribution in [3.63, 3.8) is 0 Å². The molecule has 0 unspecified atom stereocenters. The van der Waals surface area contributed by atoms with Crippen LogP contribution < -0.4 is 5.32 Å². The predicted octanol–water partition coefficient (Wildman–Crippen LogP) is 2.91. The molecule has 0 fully saturated rings. The van der Waals surface area contributed by atoms with E-state index in [0.29, 0.717) is 13.0 Å². The fourth-order valence-corrected chi connectivity index (χ4v) is 2.77. The zero-order chi connectivity index (χ0) is 15.4. The molecule has 0 radical (unpaired) electrons. The Morgan fingerprint density at radius 2 is 2.18 bits per heavy atom. The van der Waals surface area contributed by atoms with E-state index < -0.39 is 0 Å². The highest BCUT2D eigenvalue weighted by molar-refractivity contribution is 7.15. The van der Waals surface area contributed by atoms with Gasteiger partial charge in [0.2, 0.25) is 5.91 Å². The van der Waals surface area contributed by atoms with Crippen LogP contribution in [0.4, 0.5) is 4.39 Å². The number of benzene rings is 1. The van der Waals surface area contributed by atoms with Crippen LogP contribution in [0.15, 0.2) is 48.1 Å². The van der Waals surface area contributed by atoms with Crippen LogP contribution in [0.25, 0.3) is 11.0 Å². The molecule has 1 N–H and O–H groups in total. The maximum atomic E-state index is 12.8. The fourth-order valence-electron chi connectivity index (χ4n) is 2.07. The van der Waals surface area contributed by atoms with Crippen molar-refractivity contribution in [2.24, 2.45) is 0 Å². The number of aromatic nitrogens is 2. The maximum absolute atomic E-state index is 12.8. The van der Waals surface area contributed by atoms with Gasteiger partial charge in [0.25, 0.3) is 0 Å². The second-order valence-electron chi connectivity index (χ2n) is 4.74. The minimum atomic E-state index is -0.253. The molecule has 22 heavy (non-hydrogen) atoms. The summed E-state index contributed by atoms with van der Waals surface area (Å²) in [7, 11) is 0. The molecule has 3 aromatic rings. The van der Waals surface area contributed by atoms with E-state index in [2.05, 4.69) is 10.3 Å². The van der Waals surface area contributed by atoms with Gasteiger partial charge in [-0.05, 0) is 30.2 Å². The Kier molecular flexibility index (Phi) is 4.29. The van der Waals surface area contributed by atoms with Gasteiger partial charge in [-0.3, -0.25) is 9.20 Å². The molecular weight excluding hydrogens is 301 g/mol. The summed E-state index contributed by atoms with van der Waals surface area (Å²) in [6, 6.07) is 6.28. The summed E-state index contributed by atoms with van der Waals surface area (Å²) in [4.78, 5) is 16.9. The van der Waals surface area contributed by atoms with Gasteiger partial charge in [0.1, 0.15) is 5.82 Å². The van der Waals surface area contributed by atoms with Crippen LogP contribution in [0, 0.1) is 5.82 Å². The van der Waals surface area contributed by atoms with E-state index in [0.717, 1.165) is 16.2 Å². The van der Waals surface area contributed by atoms with Gasteiger partial charge in [0.05, 0.1) is 11.9 Å². The van der Waals surface area contributed by atoms with Gasteiger partial charge >= 0.3 is 0 Å². The zero-order valence-corrected chi connectivity index (χ0v) is 12.5. The highest BCUT2D eigenvalue weighted by Crippen LogP contribution is 2.13. The first kappa shape index (κ1) is 14.5. The number of nitrogens with zero attached hydrogens (tertiary/aromatic N) is 2. The molecule has 1 aromatic carbocycles. The van der Waals surface area contributed by atoms with Crippen molar-refractivity contribution in [2.45, 2.75) is 6.42 Å². The molecule has 0 saturated carbocycles. The molecular formula is C16H14FN3OS. The Bertz CT molecular complexity index is 804. The molecule has 0 saturated heterocycles. The van der Waals surface area contributed by atoms with Crippen molar-refractivity contribution in [3.8, 4) is 0 Å². The zero-order valence-electron chi connectivity index (χ0n) is 11.7. The van der Waals surface area contributed by atoms with Crippen LogP contribution in [0.3, 0.4) is 0 Å². The summed E-state index contributed by atoms with van der Waals surface area (Å²) in [6.45, 7) is 0.509.